The van der Waals surface area contributed by atoms with E-state index in [4.69, 9.17) is 9.47 Å². The first-order valence-electron chi connectivity index (χ1n) is 7.18. The largest absolute Gasteiger partial charge is 0.493 e. The Morgan fingerprint density at radius 1 is 1.04 bits per heavy atom. The van der Waals surface area contributed by atoms with Crippen molar-refractivity contribution in [1.29, 1.82) is 0 Å². The van der Waals surface area contributed by atoms with Crippen molar-refractivity contribution in [1.82, 2.24) is 9.78 Å². The van der Waals surface area contributed by atoms with E-state index in [9.17, 15) is 4.79 Å². The molecule has 0 saturated heterocycles. The molecule has 0 bridgehead atoms. The predicted octanol–water partition coefficient (Wildman–Crippen LogP) is 3.16. The molecule has 0 radical (unpaired) electrons. The quantitative estimate of drug-likeness (QED) is 0.536. The average Bonchev–Trinajstić information content (AvgIpc) is 3.09. The van der Waals surface area contributed by atoms with E-state index in [1.807, 2.05) is 35.1 Å². The monoisotopic (exact) mass is 308 g/mol. The van der Waals surface area contributed by atoms with Gasteiger partial charge in [-0.1, -0.05) is 24.3 Å². The molecule has 1 heterocycles. The fourth-order valence-electron chi connectivity index (χ4n) is 2.19. The number of nitrogens with zero attached hydrogens (tertiary/aromatic N) is 2. The summed E-state index contributed by atoms with van der Waals surface area (Å²) in [5.74, 6) is 0.511. The third-order valence-electron chi connectivity index (χ3n) is 3.37. The van der Waals surface area contributed by atoms with Crippen LogP contribution in [0.4, 0.5) is 0 Å². The zero-order valence-electron chi connectivity index (χ0n) is 12.7. The fraction of sp³-hybridized carbons (Fsp3) is 0.111. The van der Waals surface area contributed by atoms with Crippen molar-refractivity contribution in [3.63, 3.8) is 0 Å². The van der Waals surface area contributed by atoms with Crippen LogP contribution in [0.5, 0.6) is 11.5 Å². The lowest BCUT2D eigenvalue weighted by Gasteiger charge is -2.09. The molecule has 0 amide bonds. The maximum Gasteiger partial charge on any atom is 0.343 e. The number of hydrogen-bond donors (Lipinski definition) is 0. The number of methoxy groups -OCH3 is 1. The summed E-state index contributed by atoms with van der Waals surface area (Å²) < 4.78 is 12.4. The summed E-state index contributed by atoms with van der Waals surface area (Å²) in [6, 6.07) is 16.2. The van der Waals surface area contributed by atoms with Gasteiger partial charge in [0, 0.05) is 12.4 Å². The highest BCUT2D eigenvalue weighted by atomic mass is 16.6. The van der Waals surface area contributed by atoms with Crippen LogP contribution in [0, 0.1) is 0 Å². The molecule has 116 valence electrons. The van der Waals surface area contributed by atoms with Gasteiger partial charge < -0.3 is 9.47 Å². The molecule has 0 unspecified atom stereocenters. The van der Waals surface area contributed by atoms with Crippen LogP contribution in [0.1, 0.15) is 15.9 Å². The Labute approximate surface area is 134 Å². The van der Waals surface area contributed by atoms with E-state index in [1.54, 1.807) is 36.5 Å². The minimum atomic E-state index is -0.417. The van der Waals surface area contributed by atoms with Gasteiger partial charge in [0.1, 0.15) is 0 Å². The molecule has 2 aromatic carbocycles. The van der Waals surface area contributed by atoms with Crippen LogP contribution in [0.2, 0.25) is 0 Å². The SMILES string of the molecule is COc1ccccc1OC(=O)c1ccc(Cn2cccn2)cc1. The van der Waals surface area contributed by atoms with Crippen molar-refractivity contribution < 1.29 is 14.3 Å². The van der Waals surface area contributed by atoms with Gasteiger partial charge in [-0.15, -0.1) is 0 Å². The van der Waals surface area contributed by atoms with Gasteiger partial charge in [0.25, 0.3) is 0 Å². The smallest absolute Gasteiger partial charge is 0.343 e. The lowest BCUT2D eigenvalue weighted by Crippen LogP contribution is -2.09. The number of rotatable bonds is 5. The van der Waals surface area contributed by atoms with Crippen molar-refractivity contribution in [2.75, 3.05) is 7.11 Å². The molecule has 0 atom stereocenters. The van der Waals surface area contributed by atoms with Gasteiger partial charge >= 0.3 is 5.97 Å². The molecule has 23 heavy (non-hydrogen) atoms. The number of carbonyl (C=O) groups is 1. The molecule has 0 N–H and O–H groups in total. The molecular weight excluding hydrogens is 292 g/mol. The number of hydrogen-bond acceptors (Lipinski definition) is 4. The van der Waals surface area contributed by atoms with Crippen LogP contribution in [-0.2, 0) is 6.54 Å². The van der Waals surface area contributed by atoms with Gasteiger partial charge in [0.2, 0.25) is 0 Å². The summed E-state index contributed by atoms with van der Waals surface area (Å²) in [5, 5.41) is 4.16. The van der Waals surface area contributed by atoms with Crippen LogP contribution >= 0.6 is 0 Å². The number of aromatic nitrogens is 2. The Morgan fingerprint density at radius 3 is 2.43 bits per heavy atom. The van der Waals surface area contributed by atoms with E-state index in [1.165, 1.54) is 7.11 Å². The molecule has 5 nitrogen and oxygen atoms in total. The zero-order chi connectivity index (χ0) is 16.1. The predicted molar refractivity (Wildman–Crippen MR) is 85.7 cm³/mol. The second kappa shape index (κ2) is 6.79. The lowest BCUT2D eigenvalue weighted by atomic mass is 10.1. The Hall–Kier alpha value is -3.08. The molecule has 1 aromatic heterocycles. The normalized spacial score (nSPS) is 10.3. The molecule has 0 saturated carbocycles. The minimum absolute atomic E-state index is 0.403. The van der Waals surface area contributed by atoms with Gasteiger partial charge in [-0.05, 0) is 35.9 Å². The van der Waals surface area contributed by atoms with Crippen LogP contribution in [0.3, 0.4) is 0 Å². The number of para-hydroxylation sites is 2. The standard InChI is InChI=1S/C18H16N2O3/c1-22-16-5-2-3-6-17(16)23-18(21)15-9-7-14(8-10-15)13-20-12-4-11-19-20/h2-12H,13H2,1H3. The number of esters is 1. The maximum atomic E-state index is 12.2. The molecule has 5 heteroatoms. The summed E-state index contributed by atoms with van der Waals surface area (Å²) in [5.41, 5.74) is 1.54. The maximum absolute atomic E-state index is 12.2. The first kappa shape index (κ1) is 14.8. The molecule has 0 aliphatic heterocycles. The van der Waals surface area contributed by atoms with Crippen LogP contribution < -0.4 is 9.47 Å². The van der Waals surface area contributed by atoms with Gasteiger partial charge in [-0.25, -0.2) is 4.79 Å². The molecule has 0 aliphatic rings. The average molecular weight is 308 g/mol. The van der Waals surface area contributed by atoms with Crippen molar-refractivity contribution in [2.24, 2.45) is 0 Å². The van der Waals surface area contributed by atoms with Crippen molar-refractivity contribution >= 4 is 5.97 Å². The highest BCUT2D eigenvalue weighted by molar-refractivity contribution is 5.91. The Morgan fingerprint density at radius 2 is 1.78 bits per heavy atom. The third-order valence-corrected chi connectivity index (χ3v) is 3.37. The Balaban J connectivity index is 1.70. The van der Waals surface area contributed by atoms with Gasteiger partial charge in [0.15, 0.2) is 11.5 Å². The summed E-state index contributed by atoms with van der Waals surface area (Å²) in [6.45, 7) is 0.662. The van der Waals surface area contributed by atoms with E-state index in [2.05, 4.69) is 5.10 Å². The van der Waals surface area contributed by atoms with Crippen molar-refractivity contribution in [3.05, 3.63) is 78.1 Å². The van der Waals surface area contributed by atoms with Crippen molar-refractivity contribution in [3.8, 4) is 11.5 Å². The number of carbonyl (C=O) groups excluding carboxylic acids is 1. The highest BCUT2D eigenvalue weighted by Crippen LogP contribution is 2.26. The molecule has 0 aliphatic carbocycles. The first-order chi connectivity index (χ1) is 11.3. The molecule has 0 spiro atoms. The van der Waals surface area contributed by atoms with E-state index < -0.39 is 5.97 Å². The first-order valence-corrected chi connectivity index (χ1v) is 7.18. The van der Waals surface area contributed by atoms with E-state index in [0.717, 1.165) is 5.56 Å². The fourth-order valence-corrected chi connectivity index (χ4v) is 2.19. The van der Waals surface area contributed by atoms with Crippen LogP contribution in [0.15, 0.2) is 67.0 Å². The summed E-state index contributed by atoms with van der Waals surface area (Å²) in [7, 11) is 1.54. The third kappa shape index (κ3) is 3.58. The summed E-state index contributed by atoms with van der Waals surface area (Å²) in [6.07, 6.45) is 3.63. The Kier molecular flexibility index (Phi) is 4.38. The number of benzene rings is 2. The lowest BCUT2D eigenvalue weighted by molar-refractivity contribution is 0.0729. The van der Waals surface area contributed by atoms with Gasteiger partial charge in [-0.2, -0.15) is 5.10 Å². The molecule has 0 fully saturated rings. The van der Waals surface area contributed by atoms with E-state index in [0.29, 0.717) is 23.6 Å². The molecular formula is C18H16N2O3. The van der Waals surface area contributed by atoms with Gasteiger partial charge in [0.05, 0.1) is 19.2 Å². The van der Waals surface area contributed by atoms with Crippen LogP contribution in [0.25, 0.3) is 0 Å². The topological polar surface area (TPSA) is 53.4 Å². The van der Waals surface area contributed by atoms with Crippen LogP contribution in [-0.4, -0.2) is 22.9 Å². The van der Waals surface area contributed by atoms with Crippen molar-refractivity contribution in [2.45, 2.75) is 6.54 Å². The Bertz CT molecular complexity index is 780. The second-order valence-corrected chi connectivity index (χ2v) is 4.94. The zero-order valence-corrected chi connectivity index (χ0v) is 12.7. The number of ether oxygens (including phenoxy) is 2. The minimum Gasteiger partial charge on any atom is -0.493 e. The van der Waals surface area contributed by atoms with E-state index in [-0.39, 0.29) is 0 Å². The molecule has 3 rings (SSSR count). The molecule has 3 aromatic rings. The van der Waals surface area contributed by atoms with E-state index >= 15 is 0 Å². The highest BCUT2D eigenvalue weighted by Gasteiger charge is 2.11. The second-order valence-electron chi connectivity index (χ2n) is 4.94. The summed E-state index contributed by atoms with van der Waals surface area (Å²) in [4.78, 5) is 12.2. The summed E-state index contributed by atoms with van der Waals surface area (Å²) >= 11 is 0. The van der Waals surface area contributed by atoms with Gasteiger partial charge in [-0.3, -0.25) is 4.68 Å².